The minimum absolute atomic E-state index is 0.173. The third-order valence-corrected chi connectivity index (χ3v) is 6.37. The molecule has 5 heteroatoms. The minimum atomic E-state index is -0.173. The number of nitrogens with zero attached hydrogens (tertiary/aromatic N) is 1. The number of hydrogen-bond donors (Lipinski definition) is 1. The first kappa shape index (κ1) is 18.8. The maximum absolute atomic E-state index is 12.8. The Kier molecular flexibility index (Phi) is 4.97. The molecule has 3 aromatic carbocycles. The van der Waals surface area contributed by atoms with Gasteiger partial charge in [-0.25, -0.2) is 4.98 Å². The molecule has 0 unspecified atom stereocenters. The topological polar surface area (TPSA) is 51.2 Å². The van der Waals surface area contributed by atoms with Crippen LogP contribution in [0.5, 0.6) is 5.75 Å². The molecule has 0 spiro atoms. The highest BCUT2D eigenvalue weighted by Crippen LogP contribution is 2.50. The molecule has 1 aliphatic rings. The van der Waals surface area contributed by atoms with E-state index < -0.39 is 0 Å². The highest BCUT2D eigenvalue weighted by Gasteiger charge is 2.26. The molecule has 1 heterocycles. The third-order valence-electron chi connectivity index (χ3n) is 5.36. The van der Waals surface area contributed by atoms with Crippen LogP contribution in [-0.4, -0.2) is 17.5 Å². The molecular weight excluding hydrogens is 392 g/mol. The van der Waals surface area contributed by atoms with Crippen LogP contribution in [0, 0.1) is 0 Å². The number of aromatic nitrogens is 1. The highest BCUT2D eigenvalue weighted by atomic mass is 32.1. The Hall–Kier alpha value is -3.18. The average Bonchev–Trinajstić information content (AvgIpc) is 3.31. The van der Waals surface area contributed by atoms with Gasteiger partial charge < -0.3 is 4.74 Å². The smallest absolute Gasteiger partial charge is 0.257 e. The molecule has 0 radical (unpaired) electrons. The minimum Gasteiger partial charge on any atom is -0.494 e. The number of amides is 1. The van der Waals surface area contributed by atoms with Crippen LogP contribution in [0.1, 0.15) is 36.5 Å². The lowest BCUT2D eigenvalue weighted by Crippen LogP contribution is -2.12. The van der Waals surface area contributed by atoms with Gasteiger partial charge in [-0.05, 0) is 35.4 Å². The molecule has 4 aromatic rings. The van der Waals surface area contributed by atoms with Crippen LogP contribution in [0.25, 0.3) is 32.5 Å². The van der Waals surface area contributed by atoms with E-state index in [0.717, 1.165) is 41.1 Å². The van der Waals surface area contributed by atoms with Gasteiger partial charge in [0.1, 0.15) is 5.75 Å². The Morgan fingerprint density at radius 1 is 1.03 bits per heavy atom. The van der Waals surface area contributed by atoms with E-state index in [1.54, 1.807) is 12.1 Å². The Morgan fingerprint density at radius 2 is 1.83 bits per heavy atom. The second-order valence-corrected chi connectivity index (χ2v) is 8.44. The number of nitrogens with one attached hydrogen (secondary N) is 1. The van der Waals surface area contributed by atoms with Crippen LogP contribution in [0.4, 0.5) is 5.13 Å². The monoisotopic (exact) mass is 414 g/mol. The first-order valence-corrected chi connectivity index (χ1v) is 11.1. The zero-order valence-corrected chi connectivity index (χ0v) is 17.6. The van der Waals surface area contributed by atoms with Crippen molar-refractivity contribution < 1.29 is 9.53 Å². The fourth-order valence-electron chi connectivity index (χ4n) is 3.90. The van der Waals surface area contributed by atoms with Gasteiger partial charge in [-0.2, -0.15) is 0 Å². The first-order chi connectivity index (χ1) is 14.7. The Bertz CT molecular complexity index is 1190. The molecule has 0 aliphatic heterocycles. The van der Waals surface area contributed by atoms with Crippen molar-refractivity contribution in [3.63, 3.8) is 0 Å². The predicted molar refractivity (Wildman–Crippen MR) is 123 cm³/mol. The lowest BCUT2D eigenvalue weighted by atomic mass is 10.0. The van der Waals surface area contributed by atoms with Crippen LogP contribution < -0.4 is 10.1 Å². The molecule has 0 bridgehead atoms. The number of rotatable bonds is 7. The van der Waals surface area contributed by atoms with Gasteiger partial charge in [-0.3, -0.25) is 10.1 Å². The summed E-state index contributed by atoms with van der Waals surface area (Å²) in [6, 6.07) is 19.9. The normalized spacial score (nSPS) is 11.5. The summed E-state index contributed by atoms with van der Waals surface area (Å²) in [6.07, 6.45) is 3.32. The van der Waals surface area contributed by atoms with Gasteiger partial charge in [0.05, 0.1) is 17.2 Å². The third kappa shape index (κ3) is 3.35. The first-order valence-electron chi connectivity index (χ1n) is 10.3. The van der Waals surface area contributed by atoms with Gasteiger partial charge in [-0.15, -0.1) is 0 Å². The maximum atomic E-state index is 12.8. The quantitative estimate of drug-likeness (QED) is 0.299. The number of fused-ring (bicyclic) bond motifs is 3. The Balaban J connectivity index is 1.35. The molecule has 1 N–H and O–H groups in total. The van der Waals surface area contributed by atoms with Crippen molar-refractivity contribution in [1.29, 1.82) is 0 Å². The summed E-state index contributed by atoms with van der Waals surface area (Å²) in [6.45, 7) is 2.83. The van der Waals surface area contributed by atoms with Crippen LogP contribution >= 0.6 is 11.3 Å². The van der Waals surface area contributed by atoms with Crippen molar-refractivity contribution in [3.8, 4) is 27.4 Å². The molecule has 0 atom stereocenters. The van der Waals surface area contributed by atoms with Gasteiger partial charge in [0.25, 0.3) is 5.91 Å². The molecule has 0 fully saturated rings. The zero-order chi connectivity index (χ0) is 20.5. The number of benzene rings is 3. The van der Waals surface area contributed by atoms with Crippen LogP contribution in [0.2, 0.25) is 0 Å². The molecule has 0 saturated carbocycles. The van der Waals surface area contributed by atoms with E-state index in [0.29, 0.717) is 17.3 Å². The molecule has 5 rings (SSSR count). The number of unbranched alkanes of at least 4 members (excludes halogenated alkanes) is 2. The molecule has 4 nitrogen and oxygen atoms in total. The second-order valence-electron chi connectivity index (χ2n) is 7.44. The Labute approximate surface area is 179 Å². The van der Waals surface area contributed by atoms with Crippen molar-refractivity contribution in [2.75, 3.05) is 11.9 Å². The summed E-state index contributed by atoms with van der Waals surface area (Å²) < 4.78 is 5.78. The van der Waals surface area contributed by atoms with Crippen molar-refractivity contribution in [3.05, 3.63) is 66.2 Å². The van der Waals surface area contributed by atoms with E-state index in [9.17, 15) is 4.79 Å². The number of carbonyl (C=O) groups is 1. The average molecular weight is 415 g/mol. The van der Waals surface area contributed by atoms with Crippen LogP contribution in [-0.2, 0) is 0 Å². The summed E-state index contributed by atoms with van der Waals surface area (Å²) in [7, 11) is 0. The lowest BCUT2D eigenvalue weighted by Gasteiger charge is -2.08. The van der Waals surface area contributed by atoms with Gasteiger partial charge in [0, 0.05) is 16.7 Å². The summed E-state index contributed by atoms with van der Waals surface area (Å²) in [5.74, 6) is 0.550. The van der Waals surface area contributed by atoms with Crippen LogP contribution in [0.3, 0.4) is 0 Å². The van der Waals surface area contributed by atoms with Crippen LogP contribution in [0.15, 0.2) is 60.7 Å². The Morgan fingerprint density at radius 3 is 2.67 bits per heavy atom. The summed E-state index contributed by atoms with van der Waals surface area (Å²) in [4.78, 5) is 18.7. The molecule has 30 heavy (non-hydrogen) atoms. The molecule has 1 amide bonds. The van der Waals surface area contributed by atoms with E-state index in [1.165, 1.54) is 27.7 Å². The fourth-order valence-corrected chi connectivity index (χ4v) is 4.91. The summed E-state index contributed by atoms with van der Waals surface area (Å²) >= 11 is 1.52. The van der Waals surface area contributed by atoms with Gasteiger partial charge >= 0.3 is 0 Å². The van der Waals surface area contributed by atoms with E-state index >= 15 is 0 Å². The fraction of sp³-hybridized carbons (Fsp3) is 0.200. The molecule has 0 saturated heterocycles. The number of thiazole rings is 1. The van der Waals surface area contributed by atoms with Gasteiger partial charge in [-0.1, -0.05) is 73.6 Å². The van der Waals surface area contributed by atoms with E-state index in [1.807, 2.05) is 12.1 Å². The predicted octanol–water partition coefficient (Wildman–Crippen LogP) is 6.77. The number of carbonyl (C=O) groups excluding carboxylic acids is 1. The van der Waals surface area contributed by atoms with Crippen molar-refractivity contribution in [2.24, 2.45) is 0 Å². The highest BCUT2D eigenvalue weighted by molar-refractivity contribution is 7.20. The molecule has 1 aromatic heterocycles. The van der Waals surface area contributed by atoms with Crippen molar-refractivity contribution in [1.82, 2.24) is 4.98 Å². The number of anilines is 1. The van der Waals surface area contributed by atoms with E-state index in [4.69, 9.17) is 9.72 Å². The van der Waals surface area contributed by atoms with E-state index in [2.05, 4.69) is 48.6 Å². The largest absolute Gasteiger partial charge is 0.494 e. The molecular formula is C25H22N2O2S. The SMILES string of the molecule is CCCCCOc1cccc(C(=O)Nc2nc3c(s2)-c2cccc4cccc-3c24)c1. The van der Waals surface area contributed by atoms with Gasteiger partial charge in [0.15, 0.2) is 5.13 Å². The number of hydrogen-bond acceptors (Lipinski definition) is 4. The second kappa shape index (κ2) is 7.92. The zero-order valence-electron chi connectivity index (χ0n) is 16.8. The van der Waals surface area contributed by atoms with E-state index in [-0.39, 0.29) is 5.91 Å². The summed E-state index contributed by atoms with van der Waals surface area (Å²) in [5, 5.41) is 6.05. The van der Waals surface area contributed by atoms with Gasteiger partial charge in [0.2, 0.25) is 0 Å². The van der Waals surface area contributed by atoms with Crippen molar-refractivity contribution >= 4 is 33.1 Å². The number of ether oxygens (including phenoxy) is 1. The summed E-state index contributed by atoms with van der Waals surface area (Å²) in [5.41, 5.74) is 3.85. The maximum Gasteiger partial charge on any atom is 0.257 e. The molecule has 150 valence electrons. The lowest BCUT2D eigenvalue weighted by molar-refractivity contribution is 0.102. The van der Waals surface area contributed by atoms with Crippen molar-refractivity contribution in [2.45, 2.75) is 26.2 Å². The standard InChI is InChI=1S/C25H22N2O2S/c1-2-3-4-14-29-18-11-5-10-17(15-18)24(28)27-25-26-22-19-12-6-8-16-9-7-13-20(21(16)19)23(22)30-25/h5-13,15H,2-4,14H2,1H3,(H,26,27,28). The molecule has 1 aliphatic carbocycles.